The number of fused-ring (bicyclic) bond motifs is 1. The SMILES string of the molecule is O=C(Nc1ccc(Br)cc1)c1cc2n(n1)CCCN(Cc1ccc(F)cc1)C2=O. The zero-order valence-corrected chi connectivity index (χ0v) is 17.0. The summed E-state index contributed by atoms with van der Waals surface area (Å²) in [7, 11) is 0. The maximum Gasteiger partial charge on any atom is 0.276 e. The van der Waals surface area contributed by atoms with Crippen molar-refractivity contribution in [2.45, 2.75) is 19.5 Å². The van der Waals surface area contributed by atoms with Gasteiger partial charge in [0.1, 0.15) is 11.5 Å². The van der Waals surface area contributed by atoms with Crippen LogP contribution in [0, 0.1) is 5.82 Å². The Bertz CT molecular complexity index is 1050. The number of hydrogen-bond acceptors (Lipinski definition) is 3. The fourth-order valence-electron chi connectivity index (χ4n) is 3.23. The van der Waals surface area contributed by atoms with Crippen molar-refractivity contribution in [3.05, 3.63) is 81.8 Å². The molecule has 2 heterocycles. The molecule has 1 N–H and O–H groups in total. The van der Waals surface area contributed by atoms with E-state index in [1.54, 1.807) is 33.8 Å². The number of amides is 2. The molecule has 0 saturated heterocycles. The van der Waals surface area contributed by atoms with Gasteiger partial charge in [0.2, 0.25) is 0 Å². The third-order valence-corrected chi connectivity index (χ3v) is 5.23. The summed E-state index contributed by atoms with van der Waals surface area (Å²) in [6.07, 6.45) is 0.718. The number of hydrogen-bond donors (Lipinski definition) is 1. The third kappa shape index (κ3) is 4.37. The van der Waals surface area contributed by atoms with Crippen molar-refractivity contribution in [1.29, 1.82) is 0 Å². The normalized spacial score (nSPS) is 13.7. The lowest BCUT2D eigenvalue weighted by Gasteiger charge is -2.20. The number of carbonyl (C=O) groups is 2. The Morgan fingerprint density at radius 2 is 1.83 bits per heavy atom. The highest BCUT2D eigenvalue weighted by molar-refractivity contribution is 9.10. The molecule has 1 aliphatic rings. The lowest BCUT2D eigenvalue weighted by molar-refractivity contribution is 0.0745. The van der Waals surface area contributed by atoms with Gasteiger partial charge in [-0.15, -0.1) is 0 Å². The van der Waals surface area contributed by atoms with E-state index in [4.69, 9.17) is 0 Å². The van der Waals surface area contributed by atoms with Gasteiger partial charge in [0, 0.05) is 35.9 Å². The maximum absolute atomic E-state index is 13.1. The van der Waals surface area contributed by atoms with E-state index in [9.17, 15) is 14.0 Å². The van der Waals surface area contributed by atoms with Crippen LogP contribution >= 0.6 is 15.9 Å². The van der Waals surface area contributed by atoms with Crippen molar-refractivity contribution in [2.24, 2.45) is 0 Å². The summed E-state index contributed by atoms with van der Waals surface area (Å²) < 4.78 is 15.6. The Hall–Kier alpha value is -3.00. The molecule has 2 aromatic carbocycles. The fourth-order valence-corrected chi connectivity index (χ4v) is 3.50. The first kappa shape index (κ1) is 19.3. The third-order valence-electron chi connectivity index (χ3n) is 4.71. The van der Waals surface area contributed by atoms with Crippen LogP contribution in [0.25, 0.3) is 0 Å². The number of aromatic nitrogens is 2. The fraction of sp³-hybridized carbons (Fsp3) is 0.190. The second kappa shape index (κ2) is 8.16. The second-order valence-electron chi connectivity index (χ2n) is 6.81. The summed E-state index contributed by atoms with van der Waals surface area (Å²) in [5.74, 6) is -0.872. The van der Waals surface area contributed by atoms with E-state index in [2.05, 4.69) is 26.3 Å². The minimum atomic E-state index is -0.370. The van der Waals surface area contributed by atoms with E-state index in [0.717, 1.165) is 16.5 Å². The first-order valence-corrected chi connectivity index (χ1v) is 9.97. The molecule has 8 heteroatoms. The average molecular weight is 457 g/mol. The Morgan fingerprint density at radius 3 is 2.55 bits per heavy atom. The summed E-state index contributed by atoms with van der Waals surface area (Å²) in [5, 5.41) is 7.11. The first-order valence-electron chi connectivity index (χ1n) is 9.18. The molecule has 0 bridgehead atoms. The molecule has 4 rings (SSSR count). The van der Waals surface area contributed by atoms with Gasteiger partial charge in [-0.05, 0) is 48.4 Å². The van der Waals surface area contributed by atoms with Gasteiger partial charge in [-0.25, -0.2) is 4.39 Å². The zero-order chi connectivity index (χ0) is 20.4. The van der Waals surface area contributed by atoms with E-state index in [0.29, 0.717) is 31.0 Å². The summed E-state index contributed by atoms with van der Waals surface area (Å²) in [5.41, 5.74) is 2.07. The Labute approximate surface area is 175 Å². The van der Waals surface area contributed by atoms with Crippen molar-refractivity contribution in [3.8, 4) is 0 Å². The monoisotopic (exact) mass is 456 g/mol. The summed E-state index contributed by atoms with van der Waals surface area (Å²) in [6.45, 7) is 1.50. The van der Waals surface area contributed by atoms with Crippen LogP contribution in [0.3, 0.4) is 0 Å². The molecule has 0 fully saturated rings. The number of anilines is 1. The van der Waals surface area contributed by atoms with Crippen LogP contribution in [0.5, 0.6) is 0 Å². The van der Waals surface area contributed by atoms with Gasteiger partial charge in [-0.1, -0.05) is 28.1 Å². The minimum Gasteiger partial charge on any atom is -0.333 e. The molecule has 1 aromatic heterocycles. The van der Waals surface area contributed by atoms with Crippen molar-refractivity contribution < 1.29 is 14.0 Å². The molecule has 6 nitrogen and oxygen atoms in total. The summed E-state index contributed by atoms with van der Waals surface area (Å²) >= 11 is 3.35. The largest absolute Gasteiger partial charge is 0.333 e. The van der Waals surface area contributed by atoms with Gasteiger partial charge in [0.05, 0.1) is 0 Å². The van der Waals surface area contributed by atoms with Crippen molar-refractivity contribution >= 4 is 33.4 Å². The van der Waals surface area contributed by atoms with Crippen molar-refractivity contribution in [1.82, 2.24) is 14.7 Å². The Balaban J connectivity index is 1.52. The molecular formula is C21H18BrFN4O2. The number of nitrogens with one attached hydrogen (secondary N) is 1. The Morgan fingerprint density at radius 1 is 1.10 bits per heavy atom. The molecule has 29 heavy (non-hydrogen) atoms. The van der Waals surface area contributed by atoms with Gasteiger partial charge in [0.15, 0.2) is 5.69 Å². The molecule has 3 aromatic rings. The van der Waals surface area contributed by atoms with Crippen LogP contribution in [0.2, 0.25) is 0 Å². The van der Waals surface area contributed by atoms with Gasteiger partial charge in [0.25, 0.3) is 11.8 Å². The number of benzene rings is 2. The molecule has 0 atom stereocenters. The highest BCUT2D eigenvalue weighted by Crippen LogP contribution is 2.19. The topological polar surface area (TPSA) is 67.2 Å². The molecule has 0 aliphatic carbocycles. The average Bonchev–Trinajstić information content (AvgIpc) is 3.08. The number of nitrogens with zero attached hydrogens (tertiary/aromatic N) is 3. The van der Waals surface area contributed by atoms with Crippen LogP contribution in [0.4, 0.5) is 10.1 Å². The zero-order valence-electron chi connectivity index (χ0n) is 15.4. The van der Waals surface area contributed by atoms with Gasteiger partial charge in [-0.2, -0.15) is 5.10 Å². The highest BCUT2D eigenvalue weighted by atomic mass is 79.9. The number of rotatable bonds is 4. The quantitative estimate of drug-likeness (QED) is 0.642. The van der Waals surface area contributed by atoms with E-state index in [-0.39, 0.29) is 23.3 Å². The predicted molar refractivity (Wildman–Crippen MR) is 110 cm³/mol. The molecule has 0 radical (unpaired) electrons. The highest BCUT2D eigenvalue weighted by Gasteiger charge is 2.26. The number of aryl methyl sites for hydroxylation is 1. The Kier molecular flexibility index (Phi) is 5.44. The van der Waals surface area contributed by atoms with E-state index < -0.39 is 0 Å². The van der Waals surface area contributed by atoms with Crippen molar-refractivity contribution in [3.63, 3.8) is 0 Å². The first-order chi connectivity index (χ1) is 14.0. The van der Waals surface area contributed by atoms with Gasteiger partial charge >= 0.3 is 0 Å². The molecule has 1 aliphatic heterocycles. The lowest BCUT2D eigenvalue weighted by Crippen LogP contribution is -2.30. The van der Waals surface area contributed by atoms with Gasteiger partial charge in [-0.3, -0.25) is 14.3 Å². The minimum absolute atomic E-state index is 0.193. The molecule has 0 unspecified atom stereocenters. The molecule has 0 spiro atoms. The molecular weight excluding hydrogens is 439 g/mol. The van der Waals surface area contributed by atoms with Gasteiger partial charge < -0.3 is 10.2 Å². The molecule has 0 saturated carbocycles. The van der Waals surface area contributed by atoms with Crippen LogP contribution in [0.15, 0.2) is 59.1 Å². The predicted octanol–water partition coefficient (Wildman–Crippen LogP) is 4.08. The molecule has 2 amide bonds. The van der Waals surface area contributed by atoms with E-state index in [1.165, 1.54) is 18.2 Å². The van der Waals surface area contributed by atoms with Crippen LogP contribution in [-0.2, 0) is 13.1 Å². The van der Waals surface area contributed by atoms with E-state index >= 15 is 0 Å². The van der Waals surface area contributed by atoms with Crippen LogP contribution in [0.1, 0.15) is 33.0 Å². The van der Waals surface area contributed by atoms with Crippen LogP contribution in [-0.4, -0.2) is 33.0 Å². The van der Waals surface area contributed by atoms with Crippen molar-refractivity contribution in [2.75, 3.05) is 11.9 Å². The van der Waals surface area contributed by atoms with Crippen LogP contribution < -0.4 is 5.32 Å². The second-order valence-corrected chi connectivity index (χ2v) is 7.72. The number of halogens is 2. The smallest absolute Gasteiger partial charge is 0.276 e. The lowest BCUT2D eigenvalue weighted by atomic mass is 10.2. The summed E-state index contributed by atoms with van der Waals surface area (Å²) in [4.78, 5) is 27.2. The summed E-state index contributed by atoms with van der Waals surface area (Å²) in [6, 6.07) is 14.8. The molecule has 148 valence electrons. The van der Waals surface area contributed by atoms with E-state index in [1.807, 2.05) is 12.1 Å². The maximum atomic E-state index is 13.1. The number of carbonyl (C=O) groups excluding carboxylic acids is 2. The standard InChI is InChI=1S/C21H18BrFN4O2/c22-15-4-8-17(9-5-15)24-20(28)18-12-19-21(29)26(10-1-11-27(19)25-18)13-14-2-6-16(23)7-3-14/h2-9,12H,1,10-11,13H2,(H,24,28).